The summed E-state index contributed by atoms with van der Waals surface area (Å²) >= 11 is 3.56. The Morgan fingerprint density at radius 3 is 2.51 bits per heavy atom. The van der Waals surface area contributed by atoms with E-state index in [9.17, 15) is 9.90 Å². The number of hydrogen-bond acceptors (Lipinski definition) is 7. The number of hydrazone groups is 1. The summed E-state index contributed by atoms with van der Waals surface area (Å²) in [6, 6.07) is 16.7. The summed E-state index contributed by atoms with van der Waals surface area (Å²) in [6.45, 7) is 0. The van der Waals surface area contributed by atoms with Crippen molar-refractivity contribution in [2.24, 2.45) is 5.10 Å². The van der Waals surface area contributed by atoms with Crippen LogP contribution in [0.3, 0.4) is 0 Å². The van der Waals surface area contributed by atoms with E-state index in [1.165, 1.54) is 14.2 Å². The molecule has 2 atom stereocenters. The molecule has 0 amide bonds. The van der Waals surface area contributed by atoms with Crippen molar-refractivity contribution in [3.63, 3.8) is 0 Å². The number of nitrogens with zero attached hydrogens (tertiary/aromatic N) is 2. The monoisotopic (exact) mass is 538 g/mol. The van der Waals surface area contributed by atoms with Crippen LogP contribution < -0.4 is 18.9 Å². The molecular formula is C26H23BrN2O6. The first-order valence-corrected chi connectivity index (χ1v) is 11.7. The summed E-state index contributed by atoms with van der Waals surface area (Å²) in [5, 5.41) is 16.9. The van der Waals surface area contributed by atoms with Gasteiger partial charge in [0, 0.05) is 27.6 Å². The van der Waals surface area contributed by atoms with Gasteiger partial charge in [-0.2, -0.15) is 5.10 Å². The molecule has 180 valence electrons. The molecule has 3 aromatic carbocycles. The van der Waals surface area contributed by atoms with Crippen LogP contribution in [-0.2, 0) is 0 Å². The quantitative estimate of drug-likeness (QED) is 0.448. The second-order valence-corrected chi connectivity index (χ2v) is 8.99. The first kappa shape index (κ1) is 23.0. The maximum absolute atomic E-state index is 12.4. The molecule has 0 bridgehead atoms. The molecule has 3 aromatic rings. The van der Waals surface area contributed by atoms with Crippen molar-refractivity contribution in [1.82, 2.24) is 5.01 Å². The zero-order chi connectivity index (χ0) is 24.7. The Morgan fingerprint density at radius 1 is 1.03 bits per heavy atom. The fraction of sp³-hybridized carbons (Fsp3) is 0.231. The van der Waals surface area contributed by atoms with Gasteiger partial charge in [-0.05, 0) is 42.5 Å². The van der Waals surface area contributed by atoms with E-state index < -0.39 is 12.2 Å². The zero-order valence-electron chi connectivity index (χ0n) is 19.3. The molecule has 0 saturated heterocycles. The summed E-state index contributed by atoms with van der Waals surface area (Å²) in [7, 11) is 4.51. The number of carboxylic acids is 1. The fourth-order valence-electron chi connectivity index (χ4n) is 4.68. The van der Waals surface area contributed by atoms with Gasteiger partial charge in [0.1, 0.15) is 17.1 Å². The highest BCUT2D eigenvalue weighted by Crippen LogP contribution is 2.50. The first-order valence-electron chi connectivity index (χ1n) is 10.9. The molecule has 1 N–H and O–H groups in total. The average molecular weight is 539 g/mol. The highest BCUT2D eigenvalue weighted by Gasteiger charge is 2.43. The van der Waals surface area contributed by atoms with Crippen LogP contribution in [0.25, 0.3) is 0 Å². The SMILES string of the molecule is COc1ccccc1C1=NN2[C@@H](C1)c1cc(Br)ccc1O[C@H]2c1ccc(OC)c(OC)c1C(=O)O. The summed E-state index contributed by atoms with van der Waals surface area (Å²) in [5.41, 5.74) is 3.05. The van der Waals surface area contributed by atoms with Crippen LogP contribution >= 0.6 is 15.9 Å². The molecule has 2 aliphatic heterocycles. The minimum atomic E-state index is -1.15. The van der Waals surface area contributed by atoms with Gasteiger partial charge in [-0.3, -0.25) is 0 Å². The number of carbonyl (C=O) groups is 1. The summed E-state index contributed by atoms with van der Waals surface area (Å²) in [4.78, 5) is 12.4. The fourth-order valence-corrected chi connectivity index (χ4v) is 5.06. The molecule has 2 heterocycles. The maximum Gasteiger partial charge on any atom is 0.340 e. The van der Waals surface area contributed by atoms with Crippen LogP contribution in [0.15, 0.2) is 64.2 Å². The Morgan fingerprint density at radius 2 is 1.80 bits per heavy atom. The van der Waals surface area contributed by atoms with Crippen LogP contribution in [0.1, 0.15) is 45.7 Å². The maximum atomic E-state index is 12.4. The van der Waals surface area contributed by atoms with Crippen LogP contribution in [0.2, 0.25) is 0 Å². The minimum absolute atomic E-state index is 0.0305. The minimum Gasteiger partial charge on any atom is -0.496 e. The van der Waals surface area contributed by atoms with Gasteiger partial charge in [-0.25, -0.2) is 9.80 Å². The van der Waals surface area contributed by atoms with E-state index >= 15 is 0 Å². The molecule has 35 heavy (non-hydrogen) atoms. The molecule has 0 fully saturated rings. The van der Waals surface area contributed by atoms with Gasteiger partial charge in [0.2, 0.25) is 6.23 Å². The zero-order valence-corrected chi connectivity index (χ0v) is 20.9. The van der Waals surface area contributed by atoms with E-state index in [4.69, 9.17) is 24.0 Å². The van der Waals surface area contributed by atoms with E-state index in [0.29, 0.717) is 23.5 Å². The normalized spacial score (nSPS) is 18.2. The smallest absolute Gasteiger partial charge is 0.340 e. The predicted molar refractivity (Wildman–Crippen MR) is 133 cm³/mol. The Bertz CT molecular complexity index is 1340. The van der Waals surface area contributed by atoms with Crippen LogP contribution in [0, 0.1) is 0 Å². The lowest BCUT2D eigenvalue weighted by Gasteiger charge is -2.38. The number of fused-ring (bicyclic) bond motifs is 3. The Hall–Kier alpha value is -3.72. The van der Waals surface area contributed by atoms with Crippen molar-refractivity contribution in [2.45, 2.75) is 18.7 Å². The van der Waals surface area contributed by atoms with E-state index in [2.05, 4.69) is 15.9 Å². The number of rotatable bonds is 6. The van der Waals surface area contributed by atoms with Gasteiger partial charge < -0.3 is 24.1 Å². The number of para-hydroxylation sites is 1. The molecular weight excluding hydrogens is 516 g/mol. The van der Waals surface area contributed by atoms with Gasteiger partial charge in [-0.15, -0.1) is 0 Å². The van der Waals surface area contributed by atoms with Crippen LogP contribution in [0.5, 0.6) is 23.0 Å². The number of ether oxygens (including phenoxy) is 4. The third-order valence-electron chi connectivity index (χ3n) is 6.23. The molecule has 0 aliphatic carbocycles. The number of hydrogen-bond donors (Lipinski definition) is 1. The van der Waals surface area contributed by atoms with Crippen molar-refractivity contribution >= 4 is 27.6 Å². The summed E-state index contributed by atoms with van der Waals surface area (Å²) < 4.78 is 23.7. The third kappa shape index (κ3) is 3.85. The number of aromatic carboxylic acids is 1. The van der Waals surface area contributed by atoms with E-state index in [1.807, 2.05) is 47.5 Å². The Kier molecular flexibility index (Phi) is 6.02. The number of benzene rings is 3. The number of carboxylic acid groups (broad SMARTS) is 1. The number of halogens is 1. The van der Waals surface area contributed by atoms with Crippen molar-refractivity contribution in [3.05, 3.63) is 81.3 Å². The van der Waals surface area contributed by atoms with E-state index in [1.54, 1.807) is 19.2 Å². The molecule has 0 unspecified atom stereocenters. The van der Waals surface area contributed by atoms with Gasteiger partial charge >= 0.3 is 5.97 Å². The van der Waals surface area contributed by atoms with Gasteiger partial charge in [0.15, 0.2) is 11.5 Å². The standard InChI is InChI=1S/C26H23BrN2O6/c1-32-20-7-5-4-6-15(20)18-13-19-17-12-14(27)8-10-21(17)35-25(29(19)28-18)16-9-11-22(33-2)24(34-3)23(16)26(30)31/h4-12,19,25H,13H2,1-3H3,(H,30,31)/t19-,25-/m0/s1. The van der Waals surface area contributed by atoms with Crippen molar-refractivity contribution in [2.75, 3.05) is 21.3 Å². The lowest BCUT2D eigenvalue weighted by molar-refractivity contribution is -0.0199. The molecule has 9 heteroatoms. The highest BCUT2D eigenvalue weighted by atomic mass is 79.9. The lowest BCUT2D eigenvalue weighted by atomic mass is 9.94. The molecule has 0 spiro atoms. The largest absolute Gasteiger partial charge is 0.496 e. The Labute approximate surface area is 210 Å². The summed E-state index contributed by atoms with van der Waals surface area (Å²) in [6.07, 6.45) is -0.203. The van der Waals surface area contributed by atoms with E-state index in [0.717, 1.165) is 27.1 Å². The van der Waals surface area contributed by atoms with Crippen molar-refractivity contribution < 1.29 is 28.8 Å². The molecule has 2 aliphatic rings. The summed E-state index contributed by atoms with van der Waals surface area (Å²) in [5.74, 6) is 0.695. The lowest BCUT2D eigenvalue weighted by Crippen LogP contribution is -2.34. The molecule has 0 saturated carbocycles. The molecule has 0 radical (unpaired) electrons. The van der Waals surface area contributed by atoms with Gasteiger partial charge in [-0.1, -0.05) is 28.1 Å². The van der Waals surface area contributed by atoms with Crippen LogP contribution in [0.4, 0.5) is 0 Å². The predicted octanol–water partition coefficient (Wildman–Crippen LogP) is 5.42. The molecule has 5 rings (SSSR count). The Balaban J connectivity index is 1.69. The number of methoxy groups -OCH3 is 3. The third-order valence-corrected chi connectivity index (χ3v) is 6.72. The van der Waals surface area contributed by atoms with Crippen LogP contribution in [-0.4, -0.2) is 43.1 Å². The molecule has 0 aromatic heterocycles. The second kappa shape index (κ2) is 9.14. The van der Waals surface area contributed by atoms with E-state index in [-0.39, 0.29) is 17.4 Å². The second-order valence-electron chi connectivity index (χ2n) is 8.07. The average Bonchev–Trinajstić information content (AvgIpc) is 3.33. The van der Waals surface area contributed by atoms with Crippen molar-refractivity contribution in [3.8, 4) is 23.0 Å². The topological polar surface area (TPSA) is 89.8 Å². The molecule has 8 nitrogen and oxygen atoms in total. The van der Waals surface area contributed by atoms with Crippen molar-refractivity contribution in [1.29, 1.82) is 0 Å². The highest BCUT2D eigenvalue weighted by molar-refractivity contribution is 9.10. The first-order chi connectivity index (χ1) is 17.0. The van der Waals surface area contributed by atoms with Gasteiger partial charge in [0.05, 0.1) is 33.1 Å². The van der Waals surface area contributed by atoms with Gasteiger partial charge in [0.25, 0.3) is 0 Å².